The summed E-state index contributed by atoms with van der Waals surface area (Å²) in [5.74, 6) is 0. The van der Waals surface area contributed by atoms with E-state index in [4.69, 9.17) is 11.0 Å². The van der Waals surface area contributed by atoms with Gasteiger partial charge in [0.25, 0.3) is 0 Å². The van der Waals surface area contributed by atoms with Gasteiger partial charge in [0, 0.05) is 19.6 Å². The van der Waals surface area contributed by atoms with Gasteiger partial charge in [0.05, 0.1) is 2.74 Å². The average Bonchev–Trinajstić information content (AvgIpc) is 2.15. The monoisotopic (exact) mass is 171 g/mol. The highest BCUT2D eigenvalue weighted by molar-refractivity contribution is 5.27. The Labute approximate surface area is 86.1 Å². The molecular formula is C11H17N. The van der Waals surface area contributed by atoms with Crippen LogP contribution in [0.15, 0.2) is 12.1 Å². The van der Waals surface area contributed by atoms with Gasteiger partial charge in [-0.3, -0.25) is 4.98 Å². The van der Waals surface area contributed by atoms with Crippen LogP contribution in [0.2, 0.25) is 0 Å². The van der Waals surface area contributed by atoms with Crippen LogP contribution in [0, 0.1) is 13.7 Å². The van der Waals surface area contributed by atoms with Crippen molar-refractivity contribution in [1.82, 2.24) is 4.98 Å². The molecule has 1 aromatic rings. The Bertz CT molecular complexity index is 521. The first kappa shape index (κ1) is 3.13. The largest absolute Gasteiger partial charge is 0.258 e. The lowest BCUT2D eigenvalue weighted by Gasteiger charge is -2.20. The van der Waals surface area contributed by atoms with E-state index in [1.165, 1.54) is 0 Å². The number of aryl methyl sites for hydroxylation is 2. The molecule has 12 heavy (non-hydrogen) atoms. The fraction of sp³-hybridized carbons (Fsp3) is 0.545. The van der Waals surface area contributed by atoms with E-state index >= 15 is 0 Å². The lowest BCUT2D eigenvalue weighted by atomic mass is 9.86. The van der Waals surface area contributed by atoms with E-state index in [0.29, 0.717) is 0 Å². The molecule has 0 aliphatic carbocycles. The Hall–Kier alpha value is -0.850. The summed E-state index contributed by atoms with van der Waals surface area (Å²) in [4.78, 5) is 3.71. The van der Waals surface area contributed by atoms with E-state index in [9.17, 15) is 0 Å². The van der Waals surface area contributed by atoms with Gasteiger partial charge in [-0.05, 0) is 30.7 Å². The fourth-order valence-electron chi connectivity index (χ4n) is 0.919. The summed E-state index contributed by atoms with van der Waals surface area (Å²) in [5, 5.41) is 0. The van der Waals surface area contributed by atoms with Gasteiger partial charge in [0.1, 0.15) is 0 Å². The van der Waals surface area contributed by atoms with Crippen molar-refractivity contribution < 1.29 is 11.0 Å². The van der Waals surface area contributed by atoms with Crippen LogP contribution in [0.1, 0.15) is 48.7 Å². The van der Waals surface area contributed by atoms with Crippen molar-refractivity contribution in [1.29, 1.82) is 0 Å². The second kappa shape index (κ2) is 2.89. The highest BCUT2D eigenvalue weighted by Gasteiger charge is 2.16. The summed E-state index contributed by atoms with van der Waals surface area (Å²) in [7, 11) is 0. The molecule has 0 atom stereocenters. The van der Waals surface area contributed by atoms with Crippen LogP contribution >= 0.6 is 0 Å². The number of rotatable bonds is 0. The molecule has 0 radical (unpaired) electrons. The van der Waals surface area contributed by atoms with Crippen molar-refractivity contribution in [3.8, 4) is 0 Å². The predicted octanol–water partition coefficient (Wildman–Crippen LogP) is 3.00. The average molecular weight is 171 g/mol. The molecule has 0 aromatic carbocycles. The maximum Gasteiger partial charge on any atom is 0.0642 e. The number of hydrogen-bond acceptors (Lipinski definition) is 1. The van der Waals surface area contributed by atoms with Gasteiger partial charge < -0.3 is 0 Å². The second-order valence-electron chi connectivity index (χ2n) is 3.68. The van der Waals surface area contributed by atoms with E-state index in [-0.39, 0.29) is 11.6 Å². The number of aromatic nitrogens is 1. The van der Waals surface area contributed by atoms with E-state index in [1.807, 2.05) is 0 Å². The van der Waals surface area contributed by atoms with Crippen LogP contribution in [0.3, 0.4) is 0 Å². The van der Waals surface area contributed by atoms with Crippen molar-refractivity contribution in [3.63, 3.8) is 0 Å². The predicted molar refractivity (Wildman–Crippen MR) is 52.4 cm³/mol. The third-order valence-corrected chi connectivity index (χ3v) is 1.52. The highest BCUT2D eigenvalue weighted by atomic mass is 14.7. The SMILES string of the molecule is [2H]c1c(C([2H])([2H])[2H])nc(C([2H])([2H])[2H])c(C(C)(C)C)c1[2H]. The van der Waals surface area contributed by atoms with Crippen LogP contribution in [-0.4, -0.2) is 4.98 Å². The third kappa shape index (κ3) is 1.84. The zero-order chi connectivity index (χ0) is 16.1. The zero-order valence-electron chi connectivity index (χ0n) is 15.4. The summed E-state index contributed by atoms with van der Waals surface area (Å²) in [6, 6.07) is -0.923. The Balaban J connectivity index is 3.85. The standard InChI is InChI=1S/C11H17N/c1-8-6-7-10(9(2)12-8)11(3,4)5/h6-7H,1-5H3/i1D3,2D3,6D,7D. The lowest BCUT2D eigenvalue weighted by Crippen LogP contribution is -2.14. The normalized spacial score (nSPS) is 23.6. The molecular weight excluding hydrogens is 146 g/mol. The molecule has 66 valence electrons. The Morgan fingerprint density at radius 3 is 2.58 bits per heavy atom. The van der Waals surface area contributed by atoms with Crippen molar-refractivity contribution in [2.24, 2.45) is 0 Å². The van der Waals surface area contributed by atoms with E-state index < -0.39 is 36.5 Å². The first-order valence-corrected chi connectivity index (χ1v) is 3.70. The highest BCUT2D eigenvalue weighted by Crippen LogP contribution is 2.24. The topological polar surface area (TPSA) is 12.9 Å². The van der Waals surface area contributed by atoms with Gasteiger partial charge in [0.15, 0.2) is 0 Å². The molecule has 0 fully saturated rings. The van der Waals surface area contributed by atoms with Crippen LogP contribution in [0.25, 0.3) is 0 Å². The van der Waals surface area contributed by atoms with Crippen LogP contribution in [0.5, 0.6) is 0 Å². The maximum atomic E-state index is 7.97. The third-order valence-electron chi connectivity index (χ3n) is 1.52. The Morgan fingerprint density at radius 2 is 2.08 bits per heavy atom. The van der Waals surface area contributed by atoms with E-state index in [2.05, 4.69) is 4.98 Å². The van der Waals surface area contributed by atoms with E-state index in [0.717, 1.165) is 0 Å². The van der Waals surface area contributed by atoms with Gasteiger partial charge in [-0.2, -0.15) is 0 Å². The number of hydrogen-bond donors (Lipinski definition) is 0. The van der Waals surface area contributed by atoms with Gasteiger partial charge >= 0.3 is 0 Å². The fourth-order valence-corrected chi connectivity index (χ4v) is 0.919. The van der Waals surface area contributed by atoms with Gasteiger partial charge in [0.2, 0.25) is 0 Å². The molecule has 1 nitrogen and oxygen atoms in total. The number of nitrogens with zero attached hydrogens (tertiary/aromatic N) is 1. The molecule has 0 amide bonds. The van der Waals surface area contributed by atoms with Crippen LogP contribution in [-0.2, 0) is 5.41 Å². The van der Waals surface area contributed by atoms with Crippen LogP contribution in [0.4, 0.5) is 0 Å². The molecule has 0 unspecified atom stereocenters. The molecule has 1 rings (SSSR count). The molecule has 1 aromatic heterocycles. The van der Waals surface area contributed by atoms with E-state index in [1.54, 1.807) is 20.8 Å². The summed E-state index contributed by atoms with van der Waals surface area (Å²) in [6.07, 6.45) is 0. The molecule has 0 saturated heterocycles. The molecule has 0 saturated carbocycles. The quantitative estimate of drug-likeness (QED) is 0.585. The number of pyridine rings is 1. The molecule has 1 heterocycles. The van der Waals surface area contributed by atoms with Crippen molar-refractivity contribution >= 4 is 0 Å². The van der Waals surface area contributed by atoms with Crippen molar-refractivity contribution in [2.75, 3.05) is 0 Å². The van der Waals surface area contributed by atoms with Gasteiger partial charge in [-0.15, -0.1) is 0 Å². The van der Waals surface area contributed by atoms with Crippen molar-refractivity contribution in [3.05, 3.63) is 29.0 Å². The molecule has 1 heteroatoms. The zero-order valence-corrected chi connectivity index (χ0v) is 7.45. The second-order valence-corrected chi connectivity index (χ2v) is 3.68. The van der Waals surface area contributed by atoms with Crippen molar-refractivity contribution in [2.45, 2.75) is 39.9 Å². The van der Waals surface area contributed by atoms with Gasteiger partial charge in [-0.25, -0.2) is 0 Å². The summed E-state index contributed by atoms with van der Waals surface area (Å²) < 4.78 is 60.2. The Kier molecular flexibility index (Phi) is 0.754. The Morgan fingerprint density at radius 1 is 1.33 bits per heavy atom. The summed E-state index contributed by atoms with van der Waals surface area (Å²) in [5.41, 5.74) is -1.68. The molecule has 0 bridgehead atoms. The maximum absolute atomic E-state index is 7.97. The minimum atomic E-state index is -2.72. The summed E-state index contributed by atoms with van der Waals surface area (Å²) in [6.45, 7) is -0.251. The first-order chi connectivity index (χ1) is 8.67. The summed E-state index contributed by atoms with van der Waals surface area (Å²) >= 11 is 0. The smallest absolute Gasteiger partial charge is 0.0642 e. The minimum Gasteiger partial charge on any atom is -0.258 e. The molecule has 0 spiro atoms. The van der Waals surface area contributed by atoms with Crippen LogP contribution < -0.4 is 0 Å². The lowest BCUT2D eigenvalue weighted by molar-refractivity contribution is 0.581. The molecule has 0 N–H and O–H groups in total. The van der Waals surface area contributed by atoms with Gasteiger partial charge in [-0.1, -0.05) is 26.8 Å². The minimum absolute atomic E-state index is 0.0931. The molecule has 0 aliphatic heterocycles. The first-order valence-electron chi connectivity index (χ1n) is 7.70. The molecule has 0 aliphatic rings.